The van der Waals surface area contributed by atoms with Crippen molar-refractivity contribution in [3.05, 3.63) is 57.6 Å². The quantitative estimate of drug-likeness (QED) is 0.476. The monoisotopic (exact) mass is 389 g/mol. The molecule has 0 saturated carbocycles. The first-order chi connectivity index (χ1) is 12.0. The first kappa shape index (κ1) is 17.9. The van der Waals surface area contributed by atoms with E-state index in [1.807, 2.05) is 43.7 Å². The third kappa shape index (κ3) is 3.86. The third-order valence-corrected chi connectivity index (χ3v) is 5.45. The minimum absolute atomic E-state index is 0.232. The predicted octanol–water partition coefficient (Wildman–Crippen LogP) is 5.45. The molecule has 7 heteroatoms. The smallest absolute Gasteiger partial charge is 0.260 e. The van der Waals surface area contributed by atoms with Crippen molar-refractivity contribution in [3.8, 4) is 10.7 Å². The van der Waals surface area contributed by atoms with Gasteiger partial charge in [0.05, 0.1) is 16.1 Å². The summed E-state index contributed by atoms with van der Waals surface area (Å²) in [6.07, 6.45) is 1.90. The van der Waals surface area contributed by atoms with Crippen molar-refractivity contribution < 1.29 is 4.79 Å². The van der Waals surface area contributed by atoms with Crippen molar-refractivity contribution in [2.75, 3.05) is 11.6 Å². The molecule has 2 aromatic heterocycles. The van der Waals surface area contributed by atoms with Crippen molar-refractivity contribution in [2.24, 2.45) is 0 Å². The Morgan fingerprint density at radius 2 is 2.04 bits per heavy atom. The molecule has 0 fully saturated rings. The molecule has 4 nitrogen and oxygen atoms in total. The lowest BCUT2D eigenvalue weighted by molar-refractivity contribution is 0.102. The maximum atomic E-state index is 12.8. The van der Waals surface area contributed by atoms with Crippen LogP contribution in [0.4, 0.5) is 5.69 Å². The van der Waals surface area contributed by atoms with Crippen LogP contribution in [0.5, 0.6) is 0 Å². The van der Waals surface area contributed by atoms with Gasteiger partial charge in [0.25, 0.3) is 5.91 Å². The first-order valence-corrected chi connectivity index (χ1v) is 10.0. The van der Waals surface area contributed by atoms with Gasteiger partial charge in [-0.3, -0.25) is 4.79 Å². The molecule has 128 valence electrons. The zero-order valence-corrected chi connectivity index (χ0v) is 16.4. The summed E-state index contributed by atoms with van der Waals surface area (Å²) in [4.78, 5) is 22.9. The van der Waals surface area contributed by atoms with Crippen molar-refractivity contribution in [2.45, 2.75) is 18.9 Å². The van der Waals surface area contributed by atoms with Gasteiger partial charge in [-0.1, -0.05) is 23.7 Å². The Balaban J connectivity index is 1.98. The van der Waals surface area contributed by atoms with Gasteiger partial charge in [-0.25, -0.2) is 9.97 Å². The van der Waals surface area contributed by atoms with Crippen LogP contribution in [0.15, 0.2) is 40.7 Å². The molecule has 0 bridgehead atoms. The van der Waals surface area contributed by atoms with E-state index in [4.69, 9.17) is 11.6 Å². The van der Waals surface area contributed by atoms with E-state index in [1.165, 1.54) is 11.8 Å². The van der Waals surface area contributed by atoms with Gasteiger partial charge < -0.3 is 5.32 Å². The second-order valence-corrected chi connectivity index (χ2v) is 7.59. The zero-order valence-electron chi connectivity index (χ0n) is 14.0. The summed E-state index contributed by atoms with van der Waals surface area (Å²) in [5.41, 5.74) is 2.77. The standard InChI is InChI=1S/C18H16ClN3OS2/c1-10-6-7-12(19)9-13(10)21-17(23)15-11(2)20-16(22-18(15)24-3)14-5-4-8-25-14/h4-9H,1-3H3,(H,21,23). The summed E-state index contributed by atoms with van der Waals surface area (Å²) in [7, 11) is 0. The van der Waals surface area contributed by atoms with Gasteiger partial charge in [0.1, 0.15) is 5.03 Å². The number of carbonyl (C=O) groups is 1. The van der Waals surface area contributed by atoms with Gasteiger partial charge in [-0.2, -0.15) is 0 Å². The SMILES string of the molecule is CSc1nc(-c2cccs2)nc(C)c1C(=O)Nc1cc(Cl)ccc1C. The van der Waals surface area contributed by atoms with E-state index in [1.54, 1.807) is 23.5 Å². The largest absolute Gasteiger partial charge is 0.322 e. The minimum Gasteiger partial charge on any atom is -0.322 e. The number of thiophene rings is 1. The fourth-order valence-electron chi connectivity index (χ4n) is 2.39. The van der Waals surface area contributed by atoms with Crippen LogP contribution in [-0.2, 0) is 0 Å². The lowest BCUT2D eigenvalue weighted by Gasteiger charge is -2.13. The molecule has 1 aromatic carbocycles. The molecule has 0 aliphatic heterocycles. The van der Waals surface area contributed by atoms with Crippen molar-refractivity contribution >= 4 is 46.3 Å². The van der Waals surface area contributed by atoms with Crippen LogP contribution < -0.4 is 5.32 Å². The molecular formula is C18H16ClN3OS2. The Kier molecular flexibility index (Phi) is 5.42. The highest BCUT2D eigenvalue weighted by Crippen LogP contribution is 2.28. The molecule has 0 spiro atoms. The highest BCUT2D eigenvalue weighted by molar-refractivity contribution is 7.98. The van der Waals surface area contributed by atoms with Crippen LogP contribution in [0, 0.1) is 13.8 Å². The number of aryl methyl sites for hydroxylation is 2. The molecule has 3 aromatic rings. The summed E-state index contributed by atoms with van der Waals surface area (Å²) >= 11 is 9.04. The van der Waals surface area contributed by atoms with Gasteiger partial charge in [0, 0.05) is 10.7 Å². The Hall–Kier alpha value is -1.89. The number of hydrogen-bond donors (Lipinski definition) is 1. The number of nitrogens with zero attached hydrogens (tertiary/aromatic N) is 2. The number of thioether (sulfide) groups is 1. The number of amides is 1. The minimum atomic E-state index is -0.232. The summed E-state index contributed by atoms with van der Waals surface area (Å²) < 4.78 is 0. The predicted molar refractivity (Wildman–Crippen MR) is 106 cm³/mol. The molecule has 0 unspecified atom stereocenters. The van der Waals surface area contributed by atoms with Crippen LogP contribution in [0.1, 0.15) is 21.6 Å². The van der Waals surface area contributed by atoms with Gasteiger partial charge >= 0.3 is 0 Å². The molecule has 3 rings (SSSR count). The number of rotatable bonds is 4. The zero-order chi connectivity index (χ0) is 18.0. The van der Waals surface area contributed by atoms with Gasteiger partial charge in [0.15, 0.2) is 5.82 Å². The lowest BCUT2D eigenvalue weighted by Crippen LogP contribution is -2.17. The number of nitrogens with one attached hydrogen (secondary N) is 1. The van der Waals surface area contributed by atoms with Gasteiger partial charge in [-0.05, 0) is 49.2 Å². The van der Waals surface area contributed by atoms with E-state index in [-0.39, 0.29) is 5.91 Å². The Morgan fingerprint density at radius 3 is 2.72 bits per heavy atom. The second kappa shape index (κ2) is 7.56. The van der Waals surface area contributed by atoms with Crippen LogP contribution >= 0.6 is 34.7 Å². The van der Waals surface area contributed by atoms with Crippen LogP contribution in [0.25, 0.3) is 10.7 Å². The topological polar surface area (TPSA) is 54.9 Å². The molecule has 0 aliphatic rings. The van der Waals surface area contributed by atoms with Crippen molar-refractivity contribution in [3.63, 3.8) is 0 Å². The Morgan fingerprint density at radius 1 is 1.24 bits per heavy atom. The summed E-state index contributed by atoms with van der Waals surface area (Å²) in [6.45, 7) is 3.75. The number of hydrogen-bond acceptors (Lipinski definition) is 5. The molecule has 0 saturated heterocycles. The number of carbonyl (C=O) groups excluding carboxylic acids is 1. The molecule has 25 heavy (non-hydrogen) atoms. The fraction of sp³-hybridized carbons (Fsp3) is 0.167. The molecule has 1 N–H and O–H groups in total. The van der Waals surface area contributed by atoms with E-state index in [0.29, 0.717) is 32.8 Å². The first-order valence-electron chi connectivity index (χ1n) is 7.53. The van der Waals surface area contributed by atoms with E-state index >= 15 is 0 Å². The summed E-state index contributed by atoms with van der Waals surface area (Å²) in [6, 6.07) is 9.34. The second-order valence-electron chi connectivity index (χ2n) is 5.41. The summed E-state index contributed by atoms with van der Waals surface area (Å²) in [5, 5.41) is 6.14. The third-order valence-electron chi connectivity index (χ3n) is 3.67. The van der Waals surface area contributed by atoms with E-state index < -0.39 is 0 Å². The van der Waals surface area contributed by atoms with Crippen LogP contribution in [0.2, 0.25) is 5.02 Å². The number of halogens is 1. The molecule has 0 atom stereocenters. The number of anilines is 1. The maximum Gasteiger partial charge on any atom is 0.260 e. The van der Waals surface area contributed by atoms with E-state index in [9.17, 15) is 4.79 Å². The van der Waals surface area contributed by atoms with Crippen LogP contribution in [0.3, 0.4) is 0 Å². The van der Waals surface area contributed by atoms with Crippen LogP contribution in [-0.4, -0.2) is 22.1 Å². The molecule has 2 heterocycles. The highest BCUT2D eigenvalue weighted by atomic mass is 35.5. The Bertz CT molecular complexity index is 926. The van der Waals surface area contributed by atoms with Crippen molar-refractivity contribution in [1.82, 2.24) is 9.97 Å². The number of benzene rings is 1. The highest BCUT2D eigenvalue weighted by Gasteiger charge is 2.20. The lowest BCUT2D eigenvalue weighted by atomic mass is 10.1. The Labute approximate surface area is 159 Å². The van der Waals surface area contributed by atoms with Gasteiger partial charge in [-0.15, -0.1) is 23.1 Å². The molecule has 1 amide bonds. The van der Waals surface area contributed by atoms with E-state index in [2.05, 4.69) is 15.3 Å². The average Bonchev–Trinajstić information content (AvgIpc) is 3.11. The van der Waals surface area contributed by atoms with E-state index in [0.717, 1.165) is 10.4 Å². The maximum absolute atomic E-state index is 12.8. The summed E-state index contributed by atoms with van der Waals surface area (Å²) in [5.74, 6) is 0.414. The average molecular weight is 390 g/mol. The molecule has 0 radical (unpaired) electrons. The normalized spacial score (nSPS) is 10.7. The molecule has 0 aliphatic carbocycles. The van der Waals surface area contributed by atoms with Crippen molar-refractivity contribution in [1.29, 1.82) is 0 Å². The number of aromatic nitrogens is 2. The van der Waals surface area contributed by atoms with Gasteiger partial charge in [0.2, 0.25) is 0 Å². The molecular weight excluding hydrogens is 374 g/mol. The fourth-order valence-corrected chi connectivity index (χ4v) is 3.84.